The van der Waals surface area contributed by atoms with Crippen LogP contribution in [0.15, 0.2) is 54.7 Å². The van der Waals surface area contributed by atoms with Crippen LogP contribution in [0.5, 0.6) is 11.5 Å². The highest BCUT2D eigenvalue weighted by atomic mass is 32.1. The Hall–Kier alpha value is -4.37. The minimum atomic E-state index is -4.87. The number of aliphatic hydroxyl groups excluding tert-OH is 1. The van der Waals surface area contributed by atoms with Gasteiger partial charge in [0.25, 0.3) is 0 Å². The zero-order valence-electron chi connectivity index (χ0n) is 21.5. The third kappa shape index (κ3) is 9.95. The van der Waals surface area contributed by atoms with Crippen molar-refractivity contribution in [3.8, 4) is 11.5 Å². The van der Waals surface area contributed by atoms with E-state index in [9.17, 15) is 28.2 Å². The lowest BCUT2D eigenvalue weighted by Crippen LogP contribution is -2.22. The van der Waals surface area contributed by atoms with E-state index in [1.807, 2.05) is 6.07 Å². The summed E-state index contributed by atoms with van der Waals surface area (Å²) in [7, 11) is 0. The molecule has 4 aromatic rings. The van der Waals surface area contributed by atoms with E-state index in [1.54, 1.807) is 30.5 Å². The normalized spacial score (nSPS) is 12.1. The number of phenols is 1. The van der Waals surface area contributed by atoms with Crippen molar-refractivity contribution < 1.29 is 32.9 Å². The van der Waals surface area contributed by atoms with Crippen LogP contribution in [0.4, 0.5) is 24.1 Å². The molecule has 1 unspecified atom stereocenters. The second-order valence-electron chi connectivity index (χ2n) is 8.87. The lowest BCUT2D eigenvalue weighted by atomic mass is 10.1. The van der Waals surface area contributed by atoms with E-state index >= 15 is 0 Å². The summed E-state index contributed by atoms with van der Waals surface area (Å²) in [5.74, 6) is -0.735. The van der Waals surface area contributed by atoms with Crippen molar-refractivity contribution in [1.29, 1.82) is 0 Å². The first-order valence-electron chi connectivity index (χ1n) is 12.5. The molecule has 0 aliphatic carbocycles. The van der Waals surface area contributed by atoms with E-state index in [1.165, 1.54) is 11.3 Å². The number of anilines is 2. The van der Waals surface area contributed by atoms with Crippen molar-refractivity contribution in [3.05, 3.63) is 76.7 Å². The Morgan fingerprint density at radius 1 is 1.00 bits per heavy atom. The molecule has 3 heterocycles. The first-order valence-corrected chi connectivity index (χ1v) is 13.3. The molecule has 15 heteroatoms. The van der Waals surface area contributed by atoms with E-state index in [-0.39, 0.29) is 35.9 Å². The molecule has 0 bridgehead atoms. The zero-order chi connectivity index (χ0) is 29.2. The minimum absolute atomic E-state index is 0.0609. The first kappa shape index (κ1) is 29.6. The van der Waals surface area contributed by atoms with Crippen LogP contribution in [0.3, 0.4) is 0 Å². The zero-order valence-corrected chi connectivity index (χ0v) is 22.3. The number of aromatic hydroxyl groups is 1. The Labute approximate surface area is 236 Å². The fraction of sp³-hybridized carbons (Fsp3) is 0.308. The van der Waals surface area contributed by atoms with Gasteiger partial charge in [0.05, 0.1) is 12.1 Å². The maximum atomic E-state index is 12.4. The van der Waals surface area contributed by atoms with Crippen LogP contribution in [0.25, 0.3) is 0 Å². The van der Waals surface area contributed by atoms with Gasteiger partial charge >= 0.3 is 6.36 Å². The summed E-state index contributed by atoms with van der Waals surface area (Å²) in [6.07, 6.45) is -1.57. The summed E-state index contributed by atoms with van der Waals surface area (Å²) in [5.41, 5.74) is 1.47. The van der Waals surface area contributed by atoms with E-state index in [0.29, 0.717) is 23.7 Å². The average molecular weight is 590 g/mol. The predicted octanol–water partition coefficient (Wildman–Crippen LogP) is 4.05. The molecule has 1 atom stereocenters. The summed E-state index contributed by atoms with van der Waals surface area (Å²) >= 11 is 1.32. The van der Waals surface area contributed by atoms with Crippen molar-refractivity contribution in [2.75, 3.05) is 10.6 Å². The van der Waals surface area contributed by atoms with E-state index in [2.05, 4.69) is 40.7 Å². The smallest absolute Gasteiger partial charge is 0.508 e. The highest BCUT2D eigenvalue weighted by Crippen LogP contribution is 2.28. The van der Waals surface area contributed by atoms with Gasteiger partial charge in [-0.2, -0.15) is 5.10 Å². The Bertz CT molecular complexity index is 1420. The summed E-state index contributed by atoms with van der Waals surface area (Å²) in [6.45, 7) is 0. The molecule has 0 fully saturated rings. The number of aliphatic hydroxyl groups is 1. The van der Waals surface area contributed by atoms with Crippen molar-refractivity contribution in [1.82, 2.24) is 25.4 Å². The van der Waals surface area contributed by atoms with Crippen LogP contribution in [0, 0.1) is 0 Å². The third-order valence-corrected chi connectivity index (χ3v) is 6.49. The fourth-order valence-electron chi connectivity index (χ4n) is 3.74. The Balaban J connectivity index is 1.17. The van der Waals surface area contributed by atoms with Gasteiger partial charge in [-0.3, -0.25) is 9.78 Å². The Morgan fingerprint density at radius 2 is 1.83 bits per heavy atom. The summed E-state index contributed by atoms with van der Waals surface area (Å²) < 4.78 is 41.2. The van der Waals surface area contributed by atoms with Gasteiger partial charge in [0.2, 0.25) is 11.0 Å². The number of halogens is 3. The van der Waals surface area contributed by atoms with Gasteiger partial charge in [-0.1, -0.05) is 17.4 Å². The quantitative estimate of drug-likeness (QED) is 0.133. The molecule has 1 amide bonds. The van der Waals surface area contributed by atoms with E-state index in [4.69, 9.17) is 0 Å². The molecule has 0 saturated heterocycles. The van der Waals surface area contributed by atoms with Gasteiger partial charge in [-0.15, -0.1) is 28.5 Å². The second kappa shape index (κ2) is 13.8. The number of hydrogen-bond acceptors (Lipinski definition) is 11. The van der Waals surface area contributed by atoms with E-state index < -0.39 is 18.3 Å². The molecule has 0 aliphatic rings. The predicted molar refractivity (Wildman–Crippen MR) is 143 cm³/mol. The molecular formula is C26H26F3N7O4S. The highest BCUT2D eigenvalue weighted by Gasteiger charge is 2.31. The van der Waals surface area contributed by atoms with Crippen LogP contribution in [-0.2, 0) is 30.5 Å². The summed E-state index contributed by atoms with van der Waals surface area (Å²) in [6, 6.07) is 11.8. The van der Waals surface area contributed by atoms with Gasteiger partial charge < -0.3 is 25.6 Å². The number of pyridine rings is 1. The maximum absolute atomic E-state index is 12.4. The number of unbranched alkanes of at least 4 members (excludes halogenated alkanes) is 1. The Morgan fingerprint density at radius 3 is 2.56 bits per heavy atom. The molecule has 11 nitrogen and oxygen atoms in total. The Kier molecular flexibility index (Phi) is 9.97. The number of benzene rings is 1. The SMILES string of the molecule is O=C(Cc1ccccn1)Nc1nnc(CCCCc2ccc(NC(O)Cc3cc(OC(F)(F)F)ccc3O)nn2)s1. The number of amides is 1. The van der Waals surface area contributed by atoms with Crippen molar-refractivity contribution in [2.45, 2.75) is 51.1 Å². The molecule has 3 aromatic heterocycles. The van der Waals surface area contributed by atoms with Gasteiger partial charge in [0, 0.05) is 30.3 Å². The van der Waals surface area contributed by atoms with Gasteiger partial charge in [-0.05, 0) is 61.7 Å². The number of ether oxygens (including phenoxy) is 1. The number of carbonyl (C=O) groups excluding carboxylic acids is 1. The molecule has 41 heavy (non-hydrogen) atoms. The topological polar surface area (TPSA) is 155 Å². The third-order valence-electron chi connectivity index (χ3n) is 5.59. The number of hydrogen-bond donors (Lipinski definition) is 4. The van der Waals surface area contributed by atoms with Crippen LogP contribution >= 0.6 is 11.3 Å². The van der Waals surface area contributed by atoms with Crippen molar-refractivity contribution in [2.24, 2.45) is 0 Å². The van der Waals surface area contributed by atoms with Gasteiger partial charge in [-0.25, -0.2) is 0 Å². The number of aryl methyl sites for hydroxylation is 2. The van der Waals surface area contributed by atoms with Crippen LogP contribution in [0.1, 0.15) is 34.8 Å². The molecule has 4 N–H and O–H groups in total. The monoisotopic (exact) mass is 589 g/mol. The molecule has 4 rings (SSSR count). The van der Waals surface area contributed by atoms with Crippen molar-refractivity contribution in [3.63, 3.8) is 0 Å². The molecule has 1 aromatic carbocycles. The maximum Gasteiger partial charge on any atom is 0.573 e. The second-order valence-corrected chi connectivity index (χ2v) is 9.93. The lowest BCUT2D eigenvalue weighted by molar-refractivity contribution is -0.274. The highest BCUT2D eigenvalue weighted by molar-refractivity contribution is 7.15. The van der Waals surface area contributed by atoms with Crippen molar-refractivity contribution >= 4 is 28.2 Å². The molecule has 216 valence electrons. The molecule has 0 saturated carbocycles. The van der Waals surface area contributed by atoms with E-state index in [0.717, 1.165) is 41.7 Å². The average Bonchev–Trinajstić information content (AvgIpc) is 3.36. The van der Waals surface area contributed by atoms with Crippen LogP contribution in [0.2, 0.25) is 0 Å². The summed E-state index contributed by atoms with van der Waals surface area (Å²) in [4.78, 5) is 16.3. The van der Waals surface area contributed by atoms with Crippen LogP contribution in [-0.4, -0.2) is 54.1 Å². The number of nitrogens with zero attached hydrogens (tertiary/aromatic N) is 5. The molecule has 0 aliphatic heterocycles. The first-order chi connectivity index (χ1) is 19.6. The number of carbonyl (C=O) groups is 1. The number of aromatic nitrogens is 5. The molecule has 0 spiro atoms. The fourth-order valence-corrected chi connectivity index (χ4v) is 4.54. The lowest BCUT2D eigenvalue weighted by Gasteiger charge is -2.15. The number of nitrogens with one attached hydrogen (secondary N) is 2. The van der Waals surface area contributed by atoms with Gasteiger partial charge in [0.1, 0.15) is 22.7 Å². The molecular weight excluding hydrogens is 563 g/mol. The largest absolute Gasteiger partial charge is 0.573 e. The number of rotatable bonds is 13. The number of alkyl halides is 3. The van der Waals surface area contributed by atoms with Crippen LogP contribution < -0.4 is 15.4 Å². The molecule has 0 radical (unpaired) electrons. The summed E-state index contributed by atoms with van der Waals surface area (Å²) in [5, 5.41) is 43.2. The number of phenolic OH excluding ortho intramolecular Hbond substituents is 1. The standard InChI is InChI=1S/C26H26F3N7O4S/c27-26(28,29)40-19-9-10-20(37)16(13-19)14-22(38)31-21-11-8-17(33-34-21)5-1-2-7-24-35-36-25(41-24)32-23(39)15-18-6-3-4-12-30-18/h3-4,6,8-13,22,37-38H,1-2,5,7,14-15H2,(H,31,34)(H,32,36,39). The minimum Gasteiger partial charge on any atom is -0.508 e. The van der Waals surface area contributed by atoms with Gasteiger partial charge in [0.15, 0.2) is 5.82 Å².